The van der Waals surface area contributed by atoms with Gasteiger partial charge in [0.1, 0.15) is 0 Å². The summed E-state index contributed by atoms with van der Waals surface area (Å²) in [5, 5.41) is 3.42. The fourth-order valence-corrected chi connectivity index (χ4v) is 3.37. The number of carbonyl (C=O) groups is 2. The first-order valence-electron chi connectivity index (χ1n) is 9.92. The van der Waals surface area contributed by atoms with Gasteiger partial charge < -0.3 is 16.0 Å². The predicted molar refractivity (Wildman–Crippen MR) is 117 cm³/mol. The van der Waals surface area contributed by atoms with Crippen molar-refractivity contribution in [3.63, 3.8) is 0 Å². The molecule has 5 nitrogen and oxygen atoms in total. The summed E-state index contributed by atoms with van der Waals surface area (Å²) in [4.78, 5) is 27.2. The van der Waals surface area contributed by atoms with E-state index in [1.807, 2.05) is 29.2 Å². The first kappa shape index (κ1) is 21.3. The van der Waals surface area contributed by atoms with E-state index in [-0.39, 0.29) is 23.1 Å². The molecule has 0 saturated heterocycles. The molecule has 0 spiro atoms. The van der Waals surface area contributed by atoms with E-state index in [4.69, 9.17) is 17.3 Å². The summed E-state index contributed by atoms with van der Waals surface area (Å²) in [6, 6.07) is 14.4. The topological polar surface area (TPSA) is 75.4 Å². The van der Waals surface area contributed by atoms with Crippen LogP contribution in [0.1, 0.15) is 42.6 Å². The zero-order valence-electron chi connectivity index (χ0n) is 17.0. The summed E-state index contributed by atoms with van der Waals surface area (Å²) in [5.41, 5.74) is 7.89. The summed E-state index contributed by atoms with van der Waals surface area (Å²) in [5.74, 6) is 0.119. The number of carbonyl (C=O) groups excluding carboxylic acids is 2. The van der Waals surface area contributed by atoms with Crippen LogP contribution in [0.2, 0.25) is 5.02 Å². The lowest BCUT2D eigenvalue weighted by molar-refractivity contribution is -0.134. The number of halogens is 1. The monoisotopic (exact) mass is 413 g/mol. The molecule has 0 radical (unpaired) electrons. The fourth-order valence-electron chi connectivity index (χ4n) is 3.18. The summed E-state index contributed by atoms with van der Waals surface area (Å²) in [7, 11) is 0. The van der Waals surface area contributed by atoms with E-state index in [2.05, 4.69) is 19.2 Å². The summed E-state index contributed by atoms with van der Waals surface area (Å²) >= 11 is 5.97. The first-order chi connectivity index (χ1) is 13.8. The molecule has 1 saturated carbocycles. The number of rotatable bonds is 8. The molecule has 1 aliphatic carbocycles. The van der Waals surface area contributed by atoms with Crippen LogP contribution in [0, 0.1) is 11.3 Å². The van der Waals surface area contributed by atoms with Crippen molar-refractivity contribution < 1.29 is 9.59 Å². The highest BCUT2D eigenvalue weighted by atomic mass is 35.5. The zero-order valence-corrected chi connectivity index (χ0v) is 17.7. The molecule has 154 valence electrons. The van der Waals surface area contributed by atoms with Crippen LogP contribution in [-0.4, -0.2) is 29.8 Å². The minimum absolute atomic E-state index is 0.147. The number of hydrogen-bond acceptors (Lipinski definition) is 3. The van der Waals surface area contributed by atoms with Gasteiger partial charge in [-0.25, -0.2) is 0 Å². The molecule has 0 aliphatic heterocycles. The Morgan fingerprint density at radius 1 is 1.17 bits per heavy atom. The van der Waals surface area contributed by atoms with Gasteiger partial charge in [0, 0.05) is 35.3 Å². The predicted octanol–water partition coefficient (Wildman–Crippen LogP) is 4.32. The molecule has 1 fully saturated rings. The molecule has 2 aromatic rings. The molecule has 0 bridgehead atoms. The van der Waals surface area contributed by atoms with Crippen LogP contribution < -0.4 is 11.1 Å². The van der Waals surface area contributed by atoms with E-state index in [0.29, 0.717) is 35.9 Å². The SMILES string of the molecule is CC(C)(CN)CN(Cc1cccc(NC(=O)c2cccc(Cl)c2)c1)C(=O)C1CC1. The van der Waals surface area contributed by atoms with E-state index >= 15 is 0 Å². The molecule has 0 heterocycles. The van der Waals surface area contributed by atoms with Crippen molar-refractivity contribution in [1.29, 1.82) is 0 Å². The van der Waals surface area contributed by atoms with E-state index in [9.17, 15) is 9.59 Å². The maximum atomic E-state index is 12.8. The second-order valence-electron chi connectivity index (χ2n) is 8.50. The molecular formula is C23H28ClN3O2. The Morgan fingerprint density at radius 2 is 1.90 bits per heavy atom. The fraction of sp³-hybridized carbons (Fsp3) is 0.391. The number of amides is 2. The van der Waals surface area contributed by atoms with Gasteiger partial charge in [-0.3, -0.25) is 9.59 Å². The van der Waals surface area contributed by atoms with Crippen molar-refractivity contribution in [3.8, 4) is 0 Å². The number of nitrogens with one attached hydrogen (secondary N) is 1. The second kappa shape index (κ2) is 8.97. The van der Waals surface area contributed by atoms with Crippen LogP contribution in [0.25, 0.3) is 0 Å². The van der Waals surface area contributed by atoms with E-state index in [0.717, 1.165) is 18.4 Å². The van der Waals surface area contributed by atoms with Crippen LogP contribution in [0.5, 0.6) is 0 Å². The zero-order chi connectivity index (χ0) is 21.0. The van der Waals surface area contributed by atoms with Crippen molar-refractivity contribution in [2.24, 2.45) is 17.1 Å². The molecule has 3 N–H and O–H groups in total. The third-order valence-corrected chi connectivity index (χ3v) is 5.29. The maximum Gasteiger partial charge on any atom is 0.255 e. The number of nitrogens with two attached hydrogens (primary N) is 1. The first-order valence-corrected chi connectivity index (χ1v) is 10.3. The van der Waals surface area contributed by atoms with Gasteiger partial charge in [0.2, 0.25) is 5.91 Å². The van der Waals surface area contributed by atoms with Crippen LogP contribution in [0.15, 0.2) is 48.5 Å². The highest BCUT2D eigenvalue weighted by Crippen LogP contribution is 2.33. The van der Waals surface area contributed by atoms with E-state index < -0.39 is 0 Å². The standard InChI is InChI=1S/C23H28ClN3O2/c1-23(2,14-25)15-27(22(29)17-9-10-17)13-16-5-3-8-20(11-16)26-21(28)18-6-4-7-19(24)12-18/h3-8,11-12,17H,9-10,13-15,25H2,1-2H3,(H,26,28). The van der Waals surface area contributed by atoms with Gasteiger partial charge in [-0.2, -0.15) is 0 Å². The Hall–Kier alpha value is -2.37. The molecule has 6 heteroatoms. The Morgan fingerprint density at radius 3 is 2.55 bits per heavy atom. The minimum atomic E-state index is -0.222. The number of benzene rings is 2. The molecule has 2 aromatic carbocycles. The lowest BCUT2D eigenvalue weighted by atomic mass is 9.92. The number of hydrogen-bond donors (Lipinski definition) is 2. The molecule has 0 unspecified atom stereocenters. The molecule has 29 heavy (non-hydrogen) atoms. The Balaban J connectivity index is 1.72. The highest BCUT2D eigenvalue weighted by molar-refractivity contribution is 6.31. The number of nitrogens with zero attached hydrogens (tertiary/aromatic N) is 1. The van der Waals surface area contributed by atoms with Crippen LogP contribution in [-0.2, 0) is 11.3 Å². The quantitative estimate of drug-likeness (QED) is 0.676. The Bertz CT molecular complexity index is 893. The summed E-state index contributed by atoms with van der Waals surface area (Å²) in [6.45, 7) is 5.76. The van der Waals surface area contributed by atoms with E-state index in [1.54, 1.807) is 24.3 Å². The Labute approximate surface area is 177 Å². The highest BCUT2D eigenvalue weighted by Gasteiger charge is 2.35. The third kappa shape index (κ3) is 6.05. The van der Waals surface area contributed by atoms with Gasteiger partial charge in [-0.1, -0.05) is 43.6 Å². The van der Waals surface area contributed by atoms with Crippen molar-refractivity contribution in [3.05, 3.63) is 64.7 Å². The average Bonchev–Trinajstić information content (AvgIpc) is 3.52. The smallest absolute Gasteiger partial charge is 0.255 e. The molecule has 2 amide bonds. The van der Waals surface area contributed by atoms with Crippen LogP contribution >= 0.6 is 11.6 Å². The maximum absolute atomic E-state index is 12.8. The molecule has 1 aliphatic rings. The molecule has 0 atom stereocenters. The van der Waals surface area contributed by atoms with Gasteiger partial charge >= 0.3 is 0 Å². The largest absolute Gasteiger partial charge is 0.338 e. The molecule has 3 rings (SSSR count). The van der Waals surface area contributed by atoms with Gasteiger partial charge in [0.15, 0.2) is 0 Å². The minimum Gasteiger partial charge on any atom is -0.338 e. The lowest BCUT2D eigenvalue weighted by Gasteiger charge is -2.32. The molecule has 0 aromatic heterocycles. The average molecular weight is 414 g/mol. The van der Waals surface area contributed by atoms with Gasteiger partial charge in [-0.15, -0.1) is 0 Å². The normalized spacial score (nSPS) is 13.8. The van der Waals surface area contributed by atoms with Crippen molar-refractivity contribution >= 4 is 29.1 Å². The van der Waals surface area contributed by atoms with Crippen molar-refractivity contribution in [2.75, 3.05) is 18.4 Å². The van der Waals surface area contributed by atoms with Crippen LogP contribution in [0.3, 0.4) is 0 Å². The summed E-state index contributed by atoms with van der Waals surface area (Å²) < 4.78 is 0. The van der Waals surface area contributed by atoms with Crippen molar-refractivity contribution in [1.82, 2.24) is 4.90 Å². The lowest BCUT2D eigenvalue weighted by Crippen LogP contribution is -2.42. The number of anilines is 1. The van der Waals surface area contributed by atoms with E-state index in [1.165, 1.54) is 0 Å². The second-order valence-corrected chi connectivity index (χ2v) is 8.94. The third-order valence-electron chi connectivity index (χ3n) is 5.05. The van der Waals surface area contributed by atoms with Gasteiger partial charge in [0.05, 0.1) is 0 Å². The van der Waals surface area contributed by atoms with Crippen molar-refractivity contribution in [2.45, 2.75) is 33.2 Å². The van der Waals surface area contributed by atoms with Gasteiger partial charge in [0.25, 0.3) is 5.91 Å². The Kier molecular flexibility index (Phi) is 6.60. The molecular weight excluding hydrogens is 386 g/mol. The summed E-state index contributed by atoms with van der Waals surface area (Å²) in [6.07, 6.45) is 1.93. The van der Waals surface area contributed by atoms with Crippen LogP contribution in [0.4, 0.5) is 5.69 Å². The van der Waals surface area contributed by atoms with Gasteiger partial charge in [-0.05, 0) is 60.7 Å².